The molecule has 0 saturated heterocycles. The molecule has 0 aliphatic heterocycles. The standard InChI is InChI=1S/C19H16N2O3/c1-11(19(23)24)16-10-21-17(15-5-3-2-4-14(15)16)18(22)12-6-8-13(20)9-7-12/h2-11H,20H2,1H3,(H,23,24). The third-order valence-corrected chi connectivity index (χ3v) is 4.05. The number of carbonyl (C=O) groups is 2. The summed E-state index contributed by atoms with van der Waals surface area (Å²) < 4.78 is 0. The van der Waals surface area contributed by atoms with Gasteiger partial charge in [-0.3, -0.25) is 14.6 Å². The van der Waals surface area contributed by atoms with E-state index >= 15 is 0 Å². The quantitative estimate of drug-likeness (QED) is 0.568. The number of hydrogen-bond donors (Lipinski definition) is 2. The molecular weight excluding hydrogens is 304 g/mol. The predicted octanol–water partition coefficient (Wildman–Crippen LogP) is 3.24. The monoisotopic (exact) mass is 320 g/mol. The van der Waals surface area contributed by atoms with Crippen molar-refractivity contribution < 1.29 is 14.7 Å². The summed E-state index contributed by atoms with van der Waals surface area (Å²) in [6.07, 6.45) is 1.48. The molecule has 1 unspecified atom stereocenters. The number of rotatable bonds is 4. The fourth-order valence-electron chi connectivity index (χ4n) is 2.64. The van der Waals surface area contributed by atoms with Gasteiger partial charge in [0.15, 0.2) is 0 Å². The van der Waals surface area contributed by atoms with Crippen molar-refractivity contribution in [2.24, 2.45) is 0 Å². The molecule has 1 aromatic heterocycles. The number of pyridine rings is 1. The summed E-state index contributed by atoms with van der Waals surface area (Å²) in [7, 11) is 0. The van der Waals surface area contributed by atoms with Gasteiger partial charge in [0.05, 0.1) is 5.92 Å². The van der Waals surface area contributed by atoms with Crippen LogP contribution in [-0.2, 0) is 4.79 Å². The number of aromatic nitrogens is 1. The van der Waals surface area contributed by atoms with E-state index in [-0.39, 0.29) is 5.78 Å². The van der Waals surface area contributed by atoms with Crippen molar-refractivity contribution in [3.63, 3.8) is 0 Å². The first kappa shape index (κ1) is 15.7. The Morgan fingerprint density at radius 2 is 1.67 bits per heavy atom. The Labute approximate surface area is 138 Å². The number of benzene rings is 2. The Kier molecular flexibility index (Phi) is 4.00. The lowest BCUT2D eigenvalue weighted by molar-refractivity contribution is -0.138. The van der Waals surface area contributed by atoms with Crippen LogP contribution >= 0.6 is 0 Å². The molecule has 0 aliphatic carbocycles. The highest BCUT2D eigenvalue weighted by Crippen LogP contribution is 2.28. The van der Waals surface area contributed by atoms with E-state index < -0.39 is 11.9 Å². The van der Waals surface area contributed by atoms with Gasteiger partial charge >= 0.3 is 5.97 Å². The smallest absolute Gasteiger partial charge is 0.310 e. The molecule has 0 aliphatic rings. The maximum Gasteiger partial charge on any atom is 0.310 e. The second kappa shape index (κ2) is 6.12. The summed E-state index contributed by atoms with van der Waals surface area (Å²) in [5.74, 6) is -1.86. The molecule has 0 spiro atoms. The van der Waals surface area contributed by atoms with E-state index in [9.17, 15) is 14.7 Å². The van der Waals surface area contributed by atoms with Crippen LogP contribution in [0.15, 0.2) is 54.7 Å². The van der Waals surface area contributed by atoms with Crippen LogP contribution < -0.4 is 5.73 Å². The van der Waals surface area contributed by atoms with E-state index in [0.29, 0.717) is 27.9 Å². The summed E-state index contributed by atoms with van der Waals surface area (Å²) in [4.78, 5) is 28.3. The third kappa shape index (κ3) is 2.72. The van der Waals surface area contributed by atoms with Crippen molar-refractivity contribution in [3.05, 3.63) is 71.5 Å². The largest absolute Gasteiger partial charge is 0.481 e. The third-order valence-electron chi connectivity index (χ3n) is 4.05. The van der Waals surface area contributed by atoms with E-state index in [4.69, 9.17) is 5.73 Å². The zero-order valence-corrected chi connectivity index (χ0v) is 13.1. The second-order valence-corrected chi connectivity index (χ2v) is 5.62. The van der Waals surface area contributed by atoms with Gasteiger partial charge in [-0.15, -0.1) is 0 Å². The van der Waals surface area contributed by atoms with Gasteiger partial charge in [0.2, 0.25) is 5.78 Å². The van der Waals surface area contributed by atoms with Gasteiger partial charge in [-0.05, 0) is 42.1 Å². The van der Waals surface area contributed by atoms with Crippen LogP contribution in [-0.4, -0.2) is 21.8 Å². The van der Waals surface area contributed by atoms with Crippen molar-refractivity contribution in [3.8, 4) is 0 Å². The Bertz CT molecular complexity index is 933. The number of fused-ring (bicyclic) bond motifs is 1. The Morgan fingerprint density at radius 1 is 1.04 bits per heavy atom. The number of carboxylic acids is 1. The summed E-state index contributed by atoms with van der Waals surface area (Å²) in [5, 5.41) is 10.6. The van der Waals surface area contributed by atoms with Crippen LogP contribution in [0.2, 0.25) is 0 Å². The van der Waals surface area contributed by atoms with Crippen molar-refractivity contribution in [2.45, 2.75) is 12.8 Å². The normalized spacial score (nSPS) is 12.0. The highest BCUT2D eigenvalue weighted by molar-refractivity contribution is 6.15. The van der Waals surface area contributed by atoms with E-state index in [2.05, 4.69) is 4.98 Å². The second-order valence-electron chi connectivity index (χ2n) is 5.62. The minimum absolute atomic E-state index is 0.222. The minimum atomic E-state index is -0.931. The average molecular weight is 320 g/mol. The molecule has 3 aromatic rings. The first-order valence-electron chi connectivity index (χ1n) is 7.49. The molecule has 0 fully saturated rings. The number of aliphatic carboxylic acids is 1. The zero-order valence-electron chi connectivity index (χ0n) is 13.1. The molecular formula is C19H16N2O3. The van der Waals surface area contributed by atoms with Gasteiger partial charge in [0.1, 0.15) is 5.69 Å². The molecule has 24 heavy (non-hydrogen) atoms. The van der Waals surface area contributed by atoms with Gasteiger partial charge < -0.3 is 10.8 Å². The molecule has 1 heterocycles. The summed E-state index contributed by atoms with van der Waals surface area (Å²) >= 11 is 0. The first-order chi connectivity index (χ1) is 11.5. The van der Waals surface area contributed by atoms with Gasteiger partial charge in [-0.25, -0.2) is 0 Å². The van der Waals surface area contributed by atoms with Crippen LogP contribution in [0, 0.1) is 0 Å². The fraction of sp³-hybridized carbons (Fsp3) is 0.105. The lowest BCUT2D eigenvalue weighted by atomic mass is 9.94. The predicted molar refractivity (Wildman–Crippen MR) is 92.1 cm³/mol. The van der Waals surface area contributed by atoms with Crippen LogP contribution in [0.4, 0.5) is 5.69 Å². The fourth-order valence-corrected chi connectivity index (χ4v) is 2.64. The maximum absolute atomic E-state index is 12.8. The number of ketones is 1. The summed E-state index contributed by atoms with van der Waals surface area (Å²) in [6.45, 7) is 1.60. The number of hydrogen-bond acceptors (Lipinski definition) is 4. The molecule has 0 amide bonds. The molecule has 120 valence electrons. The number of nitrogens with zero attached hydrogens (tertiary/aromatic N) is 1. The molecule has 2 aromatic carbocycles. The van der Waals surface area contributed by atoms with E-state index in [1.807, 2.05) is 12.1 Å². The number of carbonyl (C=O) groups excluding carboxylic acids is 1. The highest BCUT2D eigenvalue weighted by atomic mass is 16.4. The lowest BCUT2D eigenvalue weighted by Gasteiger charge is -2.12. The number of nitrogen functional groups attached to an aromatic ring is 1. The SMILES string of the molecule is CC(C(=O)O)c1cnc(C(=O)c2ccc(N)cc2)c2ccccc12. The van der Waals surface area contributed by atoms with Crippen molar-refractivity contribution in [2.75, 3.05) is 5.73 Å². The van der Waals surface area contributed by atoms with Gasteiger partial charge in [-0.1, -0.05) is 24.3 Å². The Balaban J connectivity index is 2.16. The minimum Gasteiger partial charge on any atom is -0.481 e. The molecule has 3 N–H and O–H groups in total. The van der Waals surface area contributed by atoms with E-state index in [1.165, 1.54) is 6.20 Å². The number of anilines is 1. The van der Waals surface area contributed by atoms with Gasteiger partial charge in [0.25, 0.3) is 0 Å². The van der Waals surface area contributed by atoms with Crippen molar-refractivity contribution in [1.29, 1.82) is 0 Å². The average Bonchev–Trinajstić information content (AvgIpc) is 2.60. The Hall–Kier alpha value is -3.21. The molecule has 0 saturated carbocycles. The number of carboxylic acid groups (broad SMARTS) is 1. The molecule has 3 rings (SSSR count). The molecule has 1 atom stereocenters. The summed E-state index contributed by atoms with van der Waals surface area (Å²) in [6, 6.07) is 13.9. The number of nitrogens with two attached hydrogens (primary N) is 1. The van der Waals surface area contributed by atoms with Crippen molar-refractivity contribution in [1.82, 2.24) is 4.98 Å². The zero-order chi connectivity index (χ0) is 17.3. The summed E-state index contributed by atoms with van der Waals surface area (Å²) in [5.41, 5.74) is 7.61. The van der Waals surface area contributed by atoms with Gasteiger partial charge in [0, 0.05) is 22.8 Å². The molecule has 5 nitrogen and oxygen atoms in total. The molecule has 0 bridgehead atoms. The maximum atomic E-state index is 12.8. The van der Waals surface area contributed by atoms with E-state index in [1.54, 1.807) is 43.3 Å². The Morgan fingerprint density at radius 3 is 2.29 bits per heavy atom. The van der Waals surface area contributed by atoms with Crippen LogP contribution in [0.25, 0.3) is 10.8 Å². The van der Waals surface area contributed by atoms with E-state index in [0.717, 1.165) is 5.39 Å². The molecule has 5 heteroatoms. The topological polar surface area (TPSA) is 93.3 Å². The molecule has 0 radical (unpaired) electrons. The highest BCUT2D eigenvalue weighted by Gasteiger charge is 2.21. The van der Waals surface area contributed by atoms with Crippen LogP contribution in [0.5, 0.6) is 0 Å². The van der Waals surface area contributed by atoms with Crippen LogP contribution in [0.3, 0.4) is 0 Å². The van der Waals surface area contributed by atoms with Crippen molar-refractivity contribution >= 4 is 28.2 Å². The first-order valence-corrected chi connectivity index (χ1v) is 7.49. The lowest BCUT2D eigenvalue weighted by Crippen LogP contribution is -2.11. The van der Waals surface area contributed by atoms with Gasteiger partial charge in [-0.2, -0.15) is 0 Å². The van der Waals surface area contributed by atoms with Crippen LogP contribution in [0.1, 0.15) is 34.5 Å².